The molecule has 0 aliphatic carbocycles. The van der Waals surface area contributed by atoms with E-state index in [1.165, 1.54) is 12.8 Å². The van der Waals surface area contributed by atoms with Crippen molar-refractivity contribution < 1.29 is 13.6 Å². The van der Waals surface area contributed by atoms with Crippen LogP contribution >= 0.6 is 11.6 Å². The van der Waals surface area contributed by atoms with E-state index in [4.69, 9.17) is 25.2 Å². The molecule has 3 heterocycles. The topological polar surface area (TPSA) is 87.1 Å². The van der Waals surface area contributed by atoms with Crippen LogP contribution in [0.1, 0.15) is 22.7 Å². The van der Waals surface area contributed by atoms with Crippen LogP contribution in [0.4, 0.5) is 0 Å². The molecular weight excluding hydrogens is 416 g/mol. The molecule has 0 N–H and O–H groups in total. The number of ether oxygens (including phenoxy) is 1. The summed E-state index contributed by atoms with van der Waals surface area (Å²) in [7, 11) is 0. The summed E-state index contributed by atoms with van der Waals surface area (Å²) in [6.07, 6.45) is 4.65. The summed E-state index contributed by atoms with van der Waals surface area (Å²) in [5.74, 6) is 1.14. The van der Waals surface area contributed by atoms with Crippen LogP contribution in [-0.4, -0.2) is 20.2 Å². The maximum Gasteiger partial charge on any atom is 0.248 e. The summed E-state index contributed by atoms with van der Waals surface area (Å²) in [6, 6.07) is 18.8. The van der Waals surface area contributed by atoms with Crippen LogP contribution in [0.3, 0.4) is 0 Å². The van der Waals surface area contributed by atoms with Gasteiger partial charge in [-0.25, -0.2) is 4.98 Å². The van der Waals surface area contributed by atoms with Crippen molar-refractivity contribution in [3.8, 4) is 5.75 Å². The first kappa shape index (κ1) is 19.0. The molecule has 3 aromatic heterocycles. The molecule has 0 saturated heterocycles. The highest BCUT2D eigenvalue weighted by Crippen LogP contribution is 2.27. The lowest BCUT2D eigenvalue weighted by Gasteiger charge is -2.08. The fourth-order valence-electron chi connectivity index (χ4n) is 3.05. The minimum atomic E-state index is 0.319. The largest absolute Gasteiger partial charge is 0.487 e. The van der Waals surface area contributed by atoms with Gasteiger partial charge in [0.25, 0.3) is 0 Å². The zero-order valence-corrected chi connectivity index (χ0v) is 16.9. The summed E-state index contributed by atoms with van der Waals surface area (Å²) < 4.78 is 16.5. The number of rotatable bonds is 6. The molecule has 31 heavy (non-hydrogen) atoms. The molecule has 0 amide bonds. The average molecular weight is 431 g/mol. The van der Waals surface area contributed by atoms with Crippen LogP contribution in [0.2, 0.25) is 5.02 Å². The Morgan fingerprint density at radius 2 is 1.77 bits per heavy atom. The molecular formula is C23H15ClN4O3. The van der Waals surface area contributed by atoms with Gasteiger partial charge in [-0.05, 0) is 53.6 Å². The van der Waals surface area contributed by atoms with Crippen LogP contribution in [0.25, 0.3) is 22.9 Å². The summed E-state index contributed by atoms with van der Waals surface area (Å²) in [5.41, 5.74) is 4.65. The molecule has 2 aromatic carbocycles. The third-order valence-electron chi connectivity index (χ3n) is 4.58. The van der Waals surface area contributed by atoms with E-state index >= 15 is 0 Å². The summed E-state index contributed by atoms with van der Waals surface area (Å²) in [4.78, 5) is 8.47. The molecule has 8 heteroatoms. The molecule has 7 nitrogen and oxygen atoms in total. The van der Waals surface area contributed by atoms with Crippen molar-refractivity contribution in [1.29, 1.82) is 0 Å². The standard InChI is InChI=1S/C23H15ClN4O3/c24-17-5-1-15(2-6-17)11-20(23-28-26-14-31-23)16-3-8-19(9-4-16)29-12-18-7-10-21-22(27-18)25-13-30-21/h1-11,13-14H,12H2/b20-11+. The highest BCUT2D eigenvalue weighted by molar-refractivity contribution is 6.30. The lowest BCUT2D eigenvalue weighted by molar-refractivity contribution is 0.301. The highest BCUT2D eigenvalue weighted by atomic mass is 35.5. The summed E-state index contributed by atoms with van der Waals surface area (Å²) in [6.45, 7) is 0.319. The number of aromatic nitrogens is 4. The molecule has 0 unspecified atom stereocenters. The van der Waals surface area contributed by atoms with Crippen molar-refractivity contribution >= 4 is 34.5 Å². The van der Waals surface area contributed by atoms with Crippen LogP contribution in [0.15, 0.2) is 82.3 Å². The van der Waals surface area contributed by atoms with Crippen LogP contribution in [0, 0.1) is 0 Å². The molecule has 0 aliphatic heterocycles. The first-order chi connectivity index (χ1) is 15.2. The molecule has 5 aromatic rings. The summed E-state index contributed by atoms with van der Waals surface area (Å²) in [5, 5.41) is 8.54. The van der Waals surface area contributed by atoms with Gasteiger partial charge in [0.1, 0.15) is 12.4 Å². The Morgan fingerprint density at radius 3 is 2.55 bits per heavy atom. The zero-order chi connectivity index (χ0) is 21.0. The van der Waals surface area contributed by atoms with E-state index in [1.54, 1.807) is 0 Å². The van der Waals surface area contributed by atoms with Crippen molar-refractivity contribution in [2.24, 2.45) is 0 Å². The molecule has 152 valence electrons. The van der Waals surface area contributed by atoms with Crippen molar-refractivity contribution in [3.63, 3.8) is 0 Å². The number of nitrogens with zero attached hydrogens (tertiary/aromatic N) is 4. The van der Waals surface area contributed by atoms with E-state index < -0.39 is 0 Å². The zero-order valence-electron chi connectivity index (χ0n) is 16.1. The lowest BCUT2D eigenvalue weighted by atomic mass is 10.0. The number of benzene rings is 2. The number of halogens is 1. The van der Waals surface area contributed by atoms with Crippen molar-refractivity contribution in [1.82, 2.24) is 20.2 Å². The molecule has 0 radical (unpaired) electrons. The van der Waals surface area contributed by atoms with Gasteiger partial charge in [-0.2, -0.15) is 4.98 Å². The molecule has 5 rings (SSSR count). The lowest BCUT2D eigenvalue weighted by Crippen LogP contribution is -1.98. The fraction of sp³-hybridized carbons (Fsp3) is 0.0435. The van der Waals surface area contributed by atoms with Gasteiger partial charge >= 0.3 is 0 Å². The smallest absolute Gasteiger partial charge is 0.248 e. The molecule has 0 atom stereocenters. The Kier molecular flexibility index (Phi) is 5.16. The predicted octanol–water partition coefficient (Wildman–Crippen LogP) is 5.43. The average Bonchev–Trinajstić information content (AvgIpc) is 3.49. The van der Waals surface area contributed by atoms with E-state index in [1.807, 2.05) is 66.7 Å². The van der Waals surface area contributed by atoms with E-state index in [2.05, 4.69) is 20.2 Å². The van der Waals surface area contributed by atoms with Gasteiger partial charge in [-0.1, -0.05) is 35.9 Å². The monoisotopic (exact) mass is 430 g/mol. The number of fused-ring (bicyclic) bond motifs is 1. The number of hydrogen-bond donors (Lipinski definition) is 0. The number of hydrogen-bond acceptors (Lipinski definition) is 7. The van der Waals surface area contributed by atoms with E-state index in [-0.39, 0.29) is 0 Å². The van der Waals surface area contributed by atoms with Crippen LogP contribution < -0.4 is 4.74 Å². The minimum absolute atomic E-state index is 0.319. The Bertz CT molecular complexity index is 1330. The van der Waals surface area contributed by atoms with E-state index in [0.717, 1.165) is 22.4 Å². The third-order valence-corrected chi connectivity index (χ3v) is 4.83. The highest BCUT2D eigenvalue weighted by Gasteiger charge is 2.11. The Balaban J connectivity index is 1.36. The maximum absolute atomic E-state index is 5.99. The third kappa shape index (κ3) is 4.31. The maximum atomic E-state index is 5.99. The first-order valence-electron chi connectivity index (χ1n) is 9.41. The van der Waals surface area contributed by atoms with Gasteiger partial charge in [-0.15, -0.1) is 10.2 Å². The van der Waals surface area contributed by atoms with E-state index in [9.17, 15) is 0 Å². The van der Waals surface area contributed by atoms with Gasteiger partial charge in [0.05, 0.1) is 5.69 Å². The first-order valence-corrected chi connectivity index (χ1v) is 9.78. The normalized spacial score (nSPS) is 11.7. The second-order valence-corrected chi connectivity index (χ2v) is 7.08. The second-order valence-electron chi connectivity index (χ2n) is 6.64. The molecule has 0 fully saturated rings. The Labute approximate surface area is 182 Å². The predicted molar refractivity (Wildman–Crippen MR) is 115 cm³/mol. The van der Waals surface area contributed by atoms with Crippen molar-refractivity contribution in [2.75, 3.05) is 0 Å². The SMILES string of the molecule is Clc1ccc(/C=C(\c2ccc(OCc3ccc4ocnc4n3)cc2)c2nnco2)cc1. The van der Waals surface area contributed by atoms with E-state index in [0.29, 0.717) is 34.5 Å². The Morgan fingerprint density at radius 1 is 0.935 bits per heavy atom. The van der Waals surface area contributed by atoms with Gasteiger partial charge in [0, 0.05) is 10.6 Å². The van der Waals surface area contributed by atoms with Crippen LogP contribution in [-0.2, 0) is 6.61 Å². The van der Waals surface area contributed by atoms with Gasteiger partial charge in [0.2, 0.25) is 12.3 Å². The van der Waals surface area contributed by atoms with Crippen molar-refractivity contribution in [3.05, 3.63) is 101 Å². The van der Waals surface area contributed by atoms with Gasteiger partial charge in [0.15, 0.2) is 17.6 Å². The Hall–Kier alpha value is -3.97. The molecule has 0 bridgehead atoms. The second kappa shape index (κ2) is 8.41. The fourth-order valence-corrected chi connectivity index (χ4v) is 3.17. The number of oxazole rings is 1. The molecule has 0 spiro atoms. The quantitative estimate of drug-likeness (QED) is 0.332. The minimum Gasteiger partial charge on any atom is -0.487 e. The van der Waals surface area contributed by atoms with Crippen molar-refractivity contribution in [2.45, 2.75) is 6.61 Å². The van der Waals surface area contributed by atoms with Gasteiger partial charge < -0.3 is 13.6 Å². The van der Waals surface area contributed by atoms with Crippen LogP contribution in [0.5, 0.6) is 5.75 Å². The number of pyridine rings is 1. The molecule has 0 saturated carbocycles. The van der Waals surface area contributed by atoms with Gasteiger partial charge in [-0.3, -0.25) is 0 Å². The summed E-state index contributed by atoms with van der Waals surface area (Å²) >= 11 is 5.99. The molecule has 0 aliphatic rings.